The van der Waals surface area contributed by atoms with E-state index in [0.29, 0.717) is 28.8 Å². The Bertz CT molecular complexity index is 1590. The van der Waals surface area contributed by atoms with E-state index in [-0.39, 0.29) is 11.4 Å². The van der Waals surface area contributed by atoms with Gasteiger partial charge < -0.3 is 14.0 Å². The smallest absolute Gasteiger partial charge is 0.348 e. The fraction of sp³-hybridized carbons (Fsp3) is 0.419. The first kappa shape index (κ1) is 27.8. The molecule has 0 N–H and O–H groups in total. The molecule has 1 aliphatic heterocycles. The molecule has 40 heavy (non-hydrogen) atoms. The molecule has 208 valence electrons. The SMILES string of the molecule is CC[C@]1(c2cccc(OCc3ccc(C#N)cc3C)n2)CCN(Cc2nc3sc(C(=O)OC)cc3n2C)C[C@@H]1C. The fourth-order valence-corrected chi connectivity index (χ4v) is 6.90. The highest BCUT2D eigenvalue weighted by Gasteiger charge is 2.42. The number of pyridine rings is 1. The van der Waals surface area contributed by atoms with Crippen LogP contribution in [0.2, 0.25) is 0 Å². The normalized spacial score (nSPS) is 19.4. The predicted molar refractivity (Wildman–Crippen MR) is 155 cm³/mol. The number of ether oxygens (including phenoxy) is 2. The second-order valence-electron chi connectivity index (χ2n) is 10.7. The number of carbonyl (C=O) groups excluding carboxylic acids is 1. The van der Waals surface area contributed by atoms with E-state index in [9.17, 15) is 4.79 Å². The minimum absolute atomic E-state index is 0.0301. The summed E-state index contributed by atoms with van der Waals surface area (Å²) in [7, 11) is 3.41. The van der Waals surface area contributed by atoms with Gasteiger partial charge in [0, 0.05) is 25.1 Å². The lowest BCUT2D eigenvalue weighted by Gasteiger charge is -2.46. The number of aryl methyl sites for hydroxylation is 2. The zero-order chi connectivity index (χ0) is 28.4. The molecule has 0 bridgehead atoms. The van der Waals surface area contributed by atoms with Gasteiger partial charge >= 0.3 is 5.97 Å². The number of hydrogen-bond acceptors (Lipinski definition) is 8. The molecule has 1 saturated heterocycles. The summed E-state index contributed by atoms with van der Waals surface area (Å²) < 4.78 is 13.1. The average molecular weight is 558 g/mol. The first-order valence-corrected chi connectivity index (χ1v) is 14.5. The molecule has 1 aromatic carbocycles. The fourth-order valence-electron chi connectivity index (χ4n) is 5.91. The Morgan fingerprint density at radius 3 is 2.75 bits per heavy atom. The van der Waals surface area contributed by atoms with Crippen molar-refractivity contribution in [3.63, 3.8) is 0 Å². The molecule has 2 atom stereocenters. The molecule has 3 aromatic heterocycles. The van der Waals surface area contributed by atoms with E-state index < -0.39 is 0 Å². The van der Waals surface area contributed by atoms with E-state index in [1.807, 2.05) is 50.4 Å². The van der Waals surface area contributed by atoms with E-state index in [4.69, 9.17) is 24.7 Å². The Labute approximate surface area is 239 Å². The van der Waals surface area contributed by atoms with Crippen LogP contribution in [0.3, 0.4) is 0 Å². The van der Waals surface area contributed by atoms with Crippen molar-refractivity contribution in [1.29, 1.82) is 5.26 Å². The van der Waals surface area contributed by atoms with Gasteiger partial charge in [-0.25, -0.2) is 14.8 Å². The summed E-state index contributed by atoms with van der Waals surface area (Å²) >= 11 is 1.38. The molecule has 1 fully saturated rings. The summed E-state index contributed by atoms with van der Waals surface area (Å²) in [4.78, 5) is 25.7. The molecule has 9 heteroatoms. The molecular formula is C31H35N5O3S. The van der Waals surface area contributed by atoms with E-state index in [1.54, 1.807) is 0 Å². The minimum atomic E-state index is -0.322. The summed E-state index contributed by atoms with van der Waals surface area (Å²) in [5, 5.41) is 9.13. The molecule has 4 heterocycles. The number of carbonyl (C=O) groups is 1. The lowest BCUT2D eigenvalue weighted by Crippen LogP contribution is -2.48. The number of imidazole rings is 1. The number of piperidine rings is 1. The molecule has 8 nitrogen and oxygen atoms in total. The topological polar surface area (TPSA) is 93.3 Å². The van der Waals surface area contributed by atoms with E-state index in [2.05, 4.69) is 35.5 Å². The second-order valence-corrected chi connectivity index (χ2v) is 11.7. The van der Waals surface area contributed by atoms with Crippen LogP contribution in [0.4, 0.5) is 0 Å². The first-order valence-electron chi connectivity index (χ1n) is 13.6. The van der Waals surface area contributed by atoms with Crippen molar-refractivity contribution in [3.8, 4) is 11.9 Å². The number of likely N-dealkylation sites (tertiary alicyclic amines) is 1. The number of hydrogen-bond donors (Lipinski definition) is 0. The number of aromatic nitrogens is 3. The molecule has 0 spiro atoms. The van der Waals surface area contributed by atoms with Crippen LogP contribution in [0.25, 0.3) is 10.3 Å². The third-order valence-corrected chi connectivity index (χ3v) is 9.48. The quantitative estimate of drug-likeness (QED) is 0.254. The maximum absolute atomic E-state index is 11.9. The number of nitrogens with zero attached hydrogens (tertiary/aromatic N) is 5. The molecule has 0 aliphatic carbocycles. The van der Waals surface area contributed by atoms with Crippen LogP contribution in [0, 0.1) is 24.2 Å². The maximum atomic E-state index is 11.9. The number of methoxy groups -OCH3 is 1. The van der Waals surface area contributed by atoms with Crippen LogP contribution in [-0.2, 0) is 30.4 Å². The zero-order valence-corrected chi connectivity index (χ0v) is 24.5. The molecule has 5 rings (SSSR count). The highest BCUT2D eigenvalue weighted by Crippen LogP contribution is 2.42. The van der Waals surface area contributed by atoms with Crippen molar-refractivity contribution in [3.05, 3.63) is 75.6 Å². The Balaban J connectivity index is 1.28. The van der Waals surface area contributed by atoms with Crippen LogP contribution in [0.1, 0.15) is 64.6 Å². The van der Waals surface area contributed by atoms with Crippen molar-refractivity contribution in [2.45, 2.75) is 52.2 Å². The lowest BCUT2D eigenvalue weighted by molar-refractivity contribution is 0.0606. The molecular weight excluding hydrogens is 522 g/mol. The summed E-state index contributed by atoms with van der Waals surface area (Å²) in [6.07, 6.45) is 2.00. The third-order valence-electron chi connectivity index (χ3n) is 8.49. The minimum Gasteiger partial charge on any atom is -0.473 e. The largest absolute Gasteiger partial charge is 0.473 e. The van der Waals surface area contributed by atoms with Gasteiger partial charge in [-0.15, -0.1) is 11.3 Å². The van der Waals surface area contributed by atoms with Crippen molar-refractivity contribution in [2.75, 3.05) is 20.2 Å². The monoisotopic (exact) mass is 557 g/mol. The van der Waals surface area contributed by atoms with Gasteiger partial charge in [0.1, 0.15) is 22.1 Å². The molecule has 0 saturated carbocycles. The lowest BCUT2D eigenvalue weighted by atomic mass is 9.67. The number of thiophene rings is 1. The van der Waals surface area contributed by atoms with E-state index >= 15 is 0 Å². The maximum Gasteiger partial charge on any atom is 0.348 e. The summed E-state index contributed by atoms with van der Waals surface area (Å²) in [6.45, 7) is 9.65. The average Bonchev–Trinajstić information content (AvgIpc) is 3.51. The second kappa shape index (κ2) is 11.4. The summed E-state index contributed by atoms with van der Waals surface area (Å²) in [5.41, 5.74) is 4.76. The summed E-state index contributed by atoms with van der Waals surface area (Å²) in [6, 6.07) is 15.8. The number of nitriles is 1. The Kier molecular flexibility index (Phi) is 7.92. The number of benzene rings is 1. The predicted octanol–water partition coefficient (Wildman–Crippen LogP) is 5.77. The number of esters is 1. The van der Waals surface area contributed by atoms with Gasteiger partial charge in [-0.05, 0) is 67.6 Å². The van der Waals surface area contributed by atoms with Crippen LogP contribution >= 0.6 is 11.3 Å². The molecule has 4 aromatic rings. The molecule has 0 unspecified atom stereocenters. The standard InChI is InChI=1S/C31H35N5O3S/c1-6-31(26-8-7-9-28(33-26)39-19-23-11-10-22(16-32)14-20(23)2)12-13-36(17-21(31)3)18-27-34-29-24(35(27)4)15-25(40-29)30(37)38-5/h7-11,14-15,21H,6,12-13,17-19H2,1-5H3/t21-,31-/m0/s1. The van der Waals surface area contributed by atoms with Gasteiger partial charge in [0.25, 0.3) is 0 Å². The Morgan fingerprint density at radius 2 is 2.08 bits per heavy atom. The Hall–Kier alpha value is -3.74. The number of fused-ring (bicyclic) bond motifs is 1. The van der Waals surface area contributed by atoms with Gasteiger partial charge in [-0.3, -0.25) is 4.90 Å². The molecule has 0 radical (unpaired) electrons. The van der Waals surface area contributed by atoms with Gasteiger partial charge in [-0.1, -0.05) is 26.0 Å². The highest BCUT2D eigenvalue weighted by atomic mass is 32.1. The highest BCUT2D eigenvalue weighted by molar-refractivity contribution is 7.20. The van der Waals surface area contributed by atoms with Gasteiger partial charge in [-0.2, -0.15) is 5.26 Å². The van der Waals surface area contributed by atoms with Crippen molar-refractivity contribution < 1.29 is 14.3 Å². The van der Waals surface area contributed by atoms with Crippen molar-refractivity contribution in [1.82, 2.24) is 19.4 Å². The van der Waals surface area contributed by atoms with Crippen LogP contribution in [-0.4, -0.2) is 45.6 Å². The van der Waals surface area contributed by atoms with Crippen molar-refractivity contribution >= 4 is 27.7 Å². The van der Waals surface area contributed by atoms with Gasteiger partial charge in [0.2, 0.25) is 5.88 Å². The van der Waals surface area contributed by atoms with Gasteiger partial charge in [0.15, 0.2) is 0 Å². The van der Waals surface area contributed by atoms with E-state index in [1.165, 1.54) is 18.4 Å². The molecule has 0 amide bonds. The first-order chi connectivity index (χ1) is 19.3. The van der Waals surface area contributed by atoms with Crippen LogP contribution < -0.4 is 4.74 Å². The third kappa shape index (κ3) is 5.21. The van der Waals surface area contributed by atoms with E-state index in [0.717, 1.165) is 65.5 Å². The number of rotatable bonds is 8. The Morgan fingerprint density at radius 1 is 1.25 bits per heavy atom. The van der Waals surface area contributed by atoms with Crippen LogP contribution in [0.15, 0.2) is 42.5 Å². The summed E-state index contributed by atoms with van der Waals surface area (Å²) in [5.74, 6) is 1.70. The van der Waals surface area contributed by atoms with Gasteiger partial charge in [0.05, 0.1) is 36.5 Å². The zero-order valence-electron chi connectivity index (χ0n) is 23.7. The molecule has 1 aliphatic rings. The van der Waals surface area contributed by atoms with Crippen LogP contribution in [0.5, 0.6) is 5.88 Å². The van der Waals surface area contributed by atoms with Crippen molar-refractivity contribution in [2.24, 2.45) is 13.0 Å².